The molecule has 1 N–H and O–H groups in total. The lowest BCUT2D eigenvalue weighted by molar-refractivity contribution is 0.129. The molecule has 0 aromatic carbocycles. The molecule has 0 radical (unpaired) electrons. The van der Waals surface area contributed by atoms with Crippen LogP contribution in [0.2, 0.25) is 0 Å². The van der Waals surface area contributed by atoms with E-state index in [1.807, 2.05) is 4.57 Å². The lowest BCUT2D eigenvalue weighted by Gasteiger charge is -2.36. The Balaban J connectivity index is 2.18. The van der Waals surface area contributed by atoms with Crippen LogP contribution in [-0.2, 0) is 13.2 Å². The van der Waals surface area contributed by atoms with Gasteiger partial charge in [-0.25, -0.2) is 0 Å². The van der Waals surface area contributed by atoms with Crippen LogP contribution in [0.5, 0.6) is 0 Å². The van der Waals surface area contributed by atoms with Gasteiger partial charge in [-0.1, -0.05) is 12.8 Å². The van der Waals surface area contributed by atoms with E-state index in [-0.39, 0.29) is 12.1 Å². The van der Waals surface area contributed by atoms with E-state index in [4.69, 9.17) is 5.11 Å². The summed E-state index contributed by atoms with van der Waals surface area (Å²) in [4.78, 5) is 2.31. The van der Waals surface area contributed by atoms with Gasteiger partial charge in [0.25, 0.3) is 0 Å². The number of aliphatic hydroxyl groups excluding tert-OH is 1. The lowest BCUT2D eigenvalue weighted by atomic mass is 9.96. The Labute approximate surface area is 96.1 Å². The van der Waals surface area contributed by atoms with Crippen molar-refractivity contribution in [1.82, 2.24) is 19.7 Å². The Morgan fingerprint density at radius 2 is 2.12 bits per heavy atom. The molecule has 0 spiro atoms. The van der Waals surface area contributed by atoms with Crippen LogP contribution >= 0.6 is 0 Å². The van der Waals surface area contributed by atoms with E-state index in [1.165, 1.54) is 25.7 Å². The van der Waals surface area contributed by atoms with Gasteiger partial charge in [0.15, 0.2) is 5.82 Å². The molecule has 90 valence electrons. The van der Waals surface area contributed by atoms with Crippen LogP contribution in [0.15, 0.2) is 6.33 Å². The molecule has 1 aromatic rings. The highest BCUT2D eigenvalue weighted by Crippen LogP contribution is 2.35. The van der Waals surface area contributed by atoms with Gasteiger partial charge in [0.1, 0.15) is 12.9 Å². The molecule has 1 aromatic heterocycles. The minimum Gasteiger partial charge on any atom is -0.388 e. The molecule has 2 rings (SSSR count). The lowest BCUT2D eigenvalue weighted by Crippen LogP contribution is -2.45. The fourth-order valence-electron chi connectivity index (χ4n) is 2.63. The van der Waals surface area contributed by atoms with Gasteiger partial charge in [0.2, 0.25) is 0 Å². The van der Waals surface area contributed by atoms with Crippen LogP contribution < -0.4 is 0 Å². The van der Waals surface area contributed by atoms with Crippen molar-refractivity contribution in [3.63, 3.8) is 0 Å². The Hall–Kier alpha value is -0.940. The van der Waals surface area contributed by atoms with Gasteiger partial charge >= 0.3 is 0 Å². The van der Waals surface area contributed by atoms with Crippen LogP contribution in [-0.4, -0.2) is 44.4 Å². The zero-order chi connectivity index (χ0) is 11.6. The molecule has 0 atom stereocenters. The van der Waals surface area contributed by atoms with Crippen molar-refractivity contribution in [2.75, 3.05) is 14.1 Å². The maximum absolute atomic E-state index is 9.17. The fraction of sp³-hybridized carbons (Fsp3) is 0.818. The highest BCUT2D eigenvalue weighted by atomic mass is 16.3. The second-order valence-electron chi connectivity index (χ2n) is 4.86. The van der Waals surface area contributed by atoms with Crippen LogP contribution in [0, 0.1) is 0 Å². The Bertz CT molecular complexity index is 342. The van der Waals surface area contributed by atoms with E-state index in [2.05, 4.69) is 29.2 Å². The molecule has 5 heteroatoms. The van der Waals surface area contributed by atoms with Crippen LogP contribution in [0.25, 0.3) is 0 Å². The molecule has 0 amide bonds. The molecule has 0 bridgehead atoms. The first-order valence-electron chi connectivity index (χ1n) is 5.83. The summed E-state index contributed by atoms with van der Waals surface area (Å²) in [5, 5.41) is 16.9. The first-order chi connectivity index (χ1) is 7.68. The first-order valence-corrected chi connectivity index (χ1v) is 5.83. The third kappa shape index (κ3) is 1.97. The Morgan fingerprint density at radius 3 is 2.69 bits per heavy atom. The van der Waals surface area contributed by atoms with Crippen LogP contribution in [0.1, 0.15) is 31.5 Å². The molecule has 1 aliphatic carbocycles. The number of nitrogens with zero attached hydrogens (tertiary/aromatic N) is 4. The standard InChI is InChI=1S/C11H20N4O/c1-14(2)11(5-3-4-6-11)8-15-9-12-13-10(15)7-16/h9,16H,3-8H2,1-2H3. The van der Waals surface area contributed by atoms with E-state index < -0.39 is 0 Å². The summed E-state index contributed by atoms with van der Waals surface area (Å²) in [6.07, 6.45) is 6.71. The van der Waals surface area contributed by atoms with Gasteiger partial charge in [0.05, 0.1) is 0 Å². The highest BCUT2D eigenvalue weighted by molar-refractivity contribution is 4.96. The summed E-state index contributed by atoms with van der Waals surface area (Å²) in [6.45, 7) is 0.840. The van der Waals surface area contributed by atoms with Gasteiger partial charge < -0.3 is 14.6 Å². The molecule has 1 saturated carbocycles. The van der Waals surface area contributed by atoms with Gasteiger partial charge in [-0.3, -0.25) is 0 Å². The second kappa shape index (κ2) is 4.51. The predicted molar refractivity (Wildman–Crippen MR) is 60.8 cm³/mol. The van der Waals surface area contributed by atoms with E-state index >= 15 is 0 Å². The minimum atomic E-state index is -0.0382. The summed E-state index contributed by atoms with van der Waals surface area (Å²) < 4.78 is 1.98. The number of aliphatic hydroxyl groups is 1. The Morgan fingerprint density at radius 1 is 1.44 bits per heavy atom. The molecular formula is C11H20N4O. The van der Waals surface area contributed by atoms with Crippen molar-refractivity contribution < 1.29 is 5.11 Å². The number of hydrogen-bond donors (Lipinski definition) is 1. The molecule has 0 aliphatic heterocycles. The van der Waals surface area contributed by atoms with Crippen molar-refractivity contribution in [1.29, 1.82) is 0 Å². The number of likely N-dealkylation sites (N-methyl/N-ethyl adjacent to an activating group) is 1. The maximum Gasteiger partial charge on any atom is 0.158 e. The third-order valence-electron chi connectivity index (χ3n) is 3.78. The summed E-state index contributed by atoms with van der Waals surface area (Å²) in [5.74, 6) is 0.660. The first kappa shape index (κ1) is 11.5. The van der Waals surface area contributed by atoms with Crippen LogP contribution in [0.4, 0.5) is 0 Å². The van der Waals surface area contributed by atoms with Crippen molar-refractivity contribution >= 4 is 0 Å². The zero-order valence-corrected chi connectivity index (χ0v) is 10.1. The monoisotopic (exact) mass is 224 g/mol. The molecule has 1 aliphatic rings. The van der Waals surface area contributed by atoms with Gasteiger partial charge in [-0.15, -0.1) is 10.2 Å². The summed E-state index contributed by atoms with van der Waals surface area (Å²) in [5.41, 5.74) is 0.215. The molecule has 1 fully saturated rings. The van der Waals surface area contributed by atoms with Crippen LogP contribution in [0.3, 0.4) is 0 Å². The Kier molecular flexibility index (Phi) is 3.25. The highest BCUT2D eigenvalue weighted by Gasteiger charge is 2.36. The van der Waals surface area contributed by atoms with Gasteiger partial charge in [0, 0.05) is 12.1 Å². The number of hydrogen-bond acceptors (Lipinski definition) is 4. The molecule has 0 unspecified atom stereocenters. The van der Waals surface area contributed by atoms with Crippen molar-refractivity contribution in [2.24, 2.45) is 0 Å². The molecule has 16 heavy (non-hydrogen) atoms. The smallest absolute Gasteiger partial charge is 0.158 e. The third-order valence-corrected chi connectivity index (χ3v) is 3.78. The van der Waals surface area contributed by atoms with Gasteiger partial charge in [-0.05, 0) is 26.9 Å². The molecule has 1 heterocycles. The number of rotatable bonds is 4. The van der Waals surface area contributed by atoms with Crippen molar-refractivity contribution in [2.45, 2.75) is 44.4 Å². The zero-order valence-electron chi connectivity index (χ0n) is 10.1. The summed E-state index contributed by atoms with van der Waals surface area (Å²) >= 11 is 0. The summed E-state index contributed by atoms with van der Waals surface area (Å²) in [6, 6.07) is 0. The topological polar surface area (TPSA) is 54.2 Å². The van der Waals surface area contributed by atoms with Crippen molar-refractivity contribution in [3.8, 4) is 0 Å². The average molecular weight is 224 g/mol. The normalized spacial score (nSPS) is 19.5. The van der Waals surface area contributed by atoms with E-state index in [0.29, 0.717) is 5.82 Å². The largest absolute Gasteiger partial charge is 0.388 e. The SMILES string of the molecule is CN(C)C1(Cn2cnnc2CO)CCCC1. The predicted octanol–water partition coefficient (Wildman–Crippen LogP) is 0.645. The quantitative estimate of drug-likeness (QED) is 0.815. The van der Waals surface area contributed by atoms with E-state index in [9.17, 15) is 0 Å². The number of aromatic nitrogens is 3. The average Bonchev–Trinajstić information content (AvgIpc) is 2.88. The molecule has 5 nitrogen and oxygen atoms in total. The fourth-order valence-corrected chi connectivity index (χ4v) is 2.63. The van der Waals surface area contributed by atoms with E-state index in [0.717, 1.165) is 6.54 Å². The molecule has 0 saturated heterocycles. The maximum atomic E-state index is 9.17. The van der Waals surface area contributed by atoms with Gasteiger partial charge in [-0.2, -0.15) is 0 Å². The molecular weight excluding hydrogens is 204 g/mol. The van der Waals surface area contributed by atoms with E-state index in [1.54, 1.807) is 6.33 Å². The summed E-state index contributed by atoms with van der Waals surface area (Å²) in [7, 11) is 4.27. The second-order valence-corrected chi connectivity index (χ2v) is 4.86. The van der Waals surface area contributed by atoms with Crippen molar-refractivity contribution in [3.05, 3.63) is 12.2 Å². The minimum absolute atomic E-state index is 0.0382.